The summed E-state index contributed by atoms with van der Waals surface area (Å²) in [6.45, 7) is 0. The second-order valence-corrected chi connectivity index (χ2v) is 13.4. The van der Waals surface area contributed by atoms with Crippen molar-refractivity contribution in [3.8, 4) is 33.4 Å². The zero-order valence-electron chi connectivity index (χ0n) is 28.4. The van der Waals surface area contributed by atoms with Crippen molar-refractivity contribution in [1.29, 1.82) is 0 Å². The van der Waals surface area contributed by atoms with Crippen LogP contribution in [0.1, 0.15) is 0 Å². The molecule has 2 nitrogen and oxygen atoms in total. The Morgan fingerprint density at radius 3 is 1.71 bits per heavy atom. The fraction of sp³-hybridized carbons (Fsp3) is 0. The third kappa shape index (κ3) is 5.30. The summed E-state index contributed by atoms with van der Waals surface area (Å²) >= 11 is 0. The first-order valence-corrected chi connectivity index (χ1v) is 17.7. The van der Waals surface area contributed by atoms with Gasteiger partial charge in [0.25, 0.3) is 0 Å². The monoisotopic (exact) mass is 663 g/mol. The van der Waals surface area contributed by atoms with E-state index in [1.807, 2.05) is 12.1 Å². The van der Waals surface area contributed by atoms with E-state index in [9.17, 15) is 0 Å². The van der Waals surface area contributed by atoms with E-state index in [0.29, 0.717) is 0 Å². The highest BCUT2D eigenvalue weighted by Crippen LogP contribution is 2.40. The molecule has 9 aromatic carbocycles. The van der Waals surface area contributed by atoms with E-state index >= 15 is 0 Å². The molecule has 10 rings (SSSR count). The lowest BCUT2D eigenvalue weighted by molar-refractivity contribution is 0.669. The molecule has 0 saturated carbocycles. The normalized spacial score (nSPS) is 11.5. The maximum absolute atomic E-state index is 6.13. The summed E-state index contributed by atoms with van der Waals surface area (Å²) in [4.78, 5) is 2.36. The maximum Gasteiger partial charge on any atom is 0.135 e. The molecule has 0 amide bonds. The predicted octanol–water partition coefficient (Wildman–Crippen LogP) is 14.4. The van der Waals surface area contributed by atoms with Gasteiger partial charge in [-0.2, -0.15) is 0 Å². The van der Waals surface area contributed by atoms with Crippen molar-refractivity contribution >= 4 is 60.5 Å². The van der Waals surface area contributed by atoms with Crippen LogP contribution in [0.15, 0.2) is 205 Å². The lowest BCUT2D eigenvalue weighted by Gasteiger charge is -2.26. The molecule has 0 fully saturated rings. The van der Waals surface area contributed by atoms with Gasteiger partial charge >= 0.3 is 0 Å². The first-order chi connectivity index (χ1) is 25.7. The molecule has 0 atom stereocenters. The molecule has 1 heterocycles. The van der Waals surface area contributed by atoms with Crippen molar-refractivity contribution in [2.45, 2.75) is 0 Å². The largest absolute Gasteiger partial charge is 0.456 e. The van der Waals surface area contributed by atoms with Gasteiger partial charge in [-0.1, -0.05) is 146 Å². The molecule has 0 bridgehead atoms. The third-order valence-electron chi connectivity index (χ3n) is 10.3. The van der Waals surface area contributed by atoms with E-state index in [2.05, 4.69) is 193 Å². The minimum atomic E-state index is 0.905. The summed E-state index contributed by atoms with van der Waals surface area (Å²) in [6, 6.07) is 71.8. The Kier molecular flexibility index (Phi) is 7.18. The topological polar surface area (TPSA) is 16.4 Å². The van der Waals surface area contributed by atoms with Crippen LogP contribution in [0.2, 0.25) is 0 Å². The molecular weight excluding hydrogens is 631 g/mol. The van der Waals surface area contributed by atoms with Crippen LogP contribution in [-0.2, 0) is 0 Å². The van der Waals surface area contributed by atoms with Crippen LogP contribution in [0.4, 0.5) is 17.1 Å². The standard InChI is InChI=1S/C50H33NO/c1-2-11-39-31-44(29-25-34(39)9-1)51(43-14-7-13-40(32-43)41-26-30-50-48(33-41)47-16-5-6-18-49(47)52-50)42-27-23-36(24-28-42)35-19-21-38(22-20-35)46-17-8-12-37-10-3-4-15-45(37)46/h1-33H. The van der Waals surface area contributed by atoms with E-state index in [-0.39, 0.29) is 0 Å². The molecule has 2 heteroatoms. The number of fused-ring (bicyclic) bond motifs is 5. The Hall–Kier alpha value is -6.90. The van der Waals surface area contributed by atoms with Crippen LogP contribution >= 0.6 is 0 Å². The molecule has 0 aliphatic rings. The molecule has 0 aliphatic carbocycles. The van der Waals surface area contributed by atoms with Crippen LogP contribution in [0.5, 0.6) is 0 Å². The van der Waals surface area contributed by atoms with E-state index in [1.165, 1.54) is 43.8 Å². The summed E-state index contributed by atoms with van der Waals surface area (Å²) in [5.74, 6) is 0. The number of benzene rings is 9. The van der Waals surface area contributed by atoms with Gasteiger partial charge in [-0.3, -0.25) is 0 Å². The van der Waals surface area contributed by atoms with E-state index in [0.717, 1.165) is 50.1 Å². The third-order valence-corrected chi connectivity index (χ3v) is 10.3. The summed E-state index contributed by atoms with van der Waals surface area (Å²) in [5.41, 5.74) is 12.3. The second kappa shape index (κ2) is 12.5. The molecule has 1 aromatic heterocycles. The predicted molar refractivity (Wildman–Crippen MR) is 220 cm³/mol. The minimum Gasteiger partial charge on any atom is -0.456 e. The van der Waals surface area contributed by atoms with Crippen LogP contribution in [0.3, 0.4) is 0 Å². The van der Waals surface area contributed by atoms with Gasteiger partial charge in [0.1, 0.15) is 11.2 Å². The first-order valence-electron chi connectivity index (χ1n) is 17.7. The van der Waals surface area contributed by atoms with Gasteiger partial charge in [-0.05, 0) is 110 Å². The van der Waals surface area contributed by atoms with E-state index < -0.39 is 0 Å². The Labute approximate surface area is 302 Å². The number of hydrogen-bond donors (Lipinski definition) is 0. The highest BCUT2D eigenvalue weighted by molar-refractivity contribution is 6.06. The fourth-order valence-corrected chi connectivity index (χ4v) is 7.62. The highest BCUT2D eigenvalue weighted by atomic mass is 16.3. The van der Waals surface area contributed by atoms with Crippen LogP contribution in [-0.4, -0.2) is 0 Å². The molecule has 0 saturated heterocycles. The van der Waals surface area contributed by atoms with Crippen molar-refractivity contribution in [3.63, 3.8) is 0 Å². The average molecular weight is 664 g/mol. The number of anilines is 3. The molecule has 0 radical (unpaired) electrons. The smallest absolute Gasteiger partial charge is 0.135 e. The van der Waals surface area contributed by atoms with Gasteiger partial charge in [-0.25, -0.2) is 0 Å². The number of nitrogens with zero attached hydrogens (tertiary/aromatic N) is 1. The van der Waals surface area contributed by atoms with Crippen molar-refractivity contribution in [2.75, 3.05) is 4.90 Å². The number of hydrogen-bond acceptors (Lipinski definition) is 2. The fourth-order valence-electron chi connectivity index (χ4n) is 7.62. The van der Waals surface area contributed by atoms with Gasteiger partial charge in [-0.15, -0.1) is 0 Å². The summed E-state index contributed by atoms with van der Waals surface area (Å²) in [5, 5.41) is 7.23. The average Bonchev–Trinajstić information content (AvgIpc) is 3.59. The molecule has 0 unspecified atom stereocenters. The molecule has 52 heavy (non-hydrogen) atoms. The summed E-state index contributed by atoms with van der Waals surface area (Å²) < 4.78 is 6.13. The molecular formula is C50H33NO. The van der Waals surface area contributed by atoms with Crippen molar-refractivity contribution < 1.29 is 4.42 Å². The first kappa shape index (κ1) is 30.0. The Morgan fingerprint density at radius 2 is 0.865 bits per heavy atom. The van der Waals surface area contributed by atoms with Gasteiger partial charge < -0.3 is 9.32 Å². The van der Waals surface area contributed by atoms with Crippen LogP contribution in [0.25, 0.3) is 76.9 Å². The van der Waals surface area contributed by atoms with Crippen LogP contribution in [0, 0.1) is 0 Å². The quantitative estimate of drug-likeness (QED) is 0.176. The summed E-state index contributed by atoms with van der Waals surface area (Å²) in [6.07, 6.45) is 0. The zero-order chi connectivity index (χ0) is 34.4. The molecule has 0 spiro atoms. The Morgan fingerprint density at radius 1 is 0.288 bits per heavy atom. The van der Waals surface area contributed by atoms with Gasteiger partial charge in [0.15, 0.2) is 0 Å². The lowest BCUT2D eigenvalue weighted by atomic mass is 9.96. The van der Waals surface area contributed by atoms with Gasteiger partial charge in [0.05, 0.1) is 0 Å². The zero-order valence-corrected chi connectivity index (χ0v) is 28.4. The van der Waals surface area contributed by atoms with Gasteiger partial charge in [0.2, 0.25) is 0 Å². The van der Waals surface area contributed by atoms with Crippen molar-refractivity contribution in [1.82, 2.24) is 0 Å². The molecule has 0 aliphatic heterocycles. The Bertz CT molecular complexity index is 2890. The SMILES string of the molecule is c1cc(-c2ccc3oc4ccccc4c3c2)cc(N(c2ccc(-c3ccc(-c4cccc5ccccc45)cc3)cc2)c2ccc3ccccc3c2)c1. The van der Waals surface area contributed by atoms with Crippen molar-refractivity contribution in [3.05, 3.63) is 200 Å². The lowest BCUT2D eigenvalue weighted by Crippen LogP contribution is -2.10. The maximum atomic E-state index is 6.13. The minimum absolute atomic E-state index is 0.905. The van der Waals surface area contributed by atoms with Gasteiger partial charge in [0, 0.05) is 27.8 Å². The highest BCUT2D eigenvalue weighted by Gasteiger charge is 2.16. The molecule has 10 aromatic rings. The summed E-state index contributed by atoms with van der Waals surface area (Å²) in [7, 11) is 0. The number of rotatable bonds is 6. The van der Waals surface area contributed by atoms with E-state index in [4.69, 9.17) is 4.42 Å². The molecule has 244 valence electrons. The second-order valence-electron chi connectivity index (χ2n) is 13.4. The number of para-hydroxylation sites is 1. The van der Waals surface area contributed by atoms with Crippen molar-refractivity contribution in [2.24, 2.45) is 0 Å². The number of furan rings is 1. The Balaban J connectivity index is 1.03. The van der Waals surface area contributed by atoms with Crippen LogP contribution < -0.4 is 4.90 Å². The van der Waals surface area contributed by atoms with E-state index in [1.54, 1.807) is 0 Å². The molecule has 0 N–H and O–H groups in total.